The van der Waals surface area contributed by atoms with Gasteiger partial charge in [0, 0.05) is 18.3 Å². The maximum Gasteiger partial charge on any atom is 0.339 e. The van der Waals surface area contributed by atoms with E-state index in [-0.39, 0.29) is 11.3 Å². The van der Waals surface area contributed by atoms with Crippen molar-refractivity contribution in [2.75, 3.05) is 11.9 Å². The fourth-order valence-corrected chi connectivity index (χ4v) is 1.03. The molecule has 0 fully saturated rings. The summed E-state index contributed by atoms with van der Waals surface area (Å²) < 4.78 is 0. The molecule has 0 amide bonds. The average Bonchev–Trinajstić information content (AvgIpc) is 2.04. The molecule has 0 bridgehead atoms. The third kappa shape index (κ3) is 2.11. The molecule has 0 saturated carbocycles. The molecule has 0 saturated heterocycles. The van der Waals surface area contributed by atoms with Gasteiger partial charge in [-0.15, -0.1) is 0 Å². The van der Waals surface area contributed by atoms with Gasteiger partial charge in [0.25, 0.3) is 0 Å². The molecule has 13 heavy (non-hydrogen) atoms. The number of anilines is 1. The molecular formula is C9H11NO3. The van der Waals surface area contributed by atoms with Gasteiger partial charge in [-0.2, -0.15) is 0 Å². The molecule has 4 nitrogen and oxygen atoms in total. The van der Waals surface area contributed by atoms with Gasteiger partial charge < -0.3 is 15.5 Å². The molecule has 0 aromatic heterocycles. The lowest BCUT2D eigenvalue weighted by atomic mass is 10.2. The molecule has 0 aliphatic heterocycles. The van der Waals surface area contributed by atoms with Crippen LogP contribution in [0.3, 0.4) is 0 Å². The van der Waals surface area contributed by atoms with Crippen molar-refractivity contribution in [3.05, 3.63) is 23.8 Å². The minimum atomic E-state index is -1.12. The van der Waals surface area contributed by atoms with Crippen LogP contribution < -0.4 is 5.32 Å². The van der Waals surface area contributed by atoms with E-state index in [2.05, 4.69) is 5.32 Å². The molecule has 0 radical (unpaired) electrons. The molecule has 1 aromatic carbocycles. The summed E-state index contributed by atoms with van der Waals surface area (Å²) in [5.74, 6) is -1.34. The molecule has 0 heterocycles. The Kier molecular flexibility index (Phi) is 2.74. The lowest BCUT2D eigenvalue weighted by molar-refractivity contribution is 0.0694. The Bertz CT molecular complexity index is 323. The third-order valence-corrected chi connectivity index (χ3v) is 1.61. The van der Waals surface area contributed by atoms with Crippen molar-refractivity contribution < 1.29 is 15.0 Å². The van der Waals surface area contributed by atoms with Crippen LogP contribution in [0.1, 0.15) is 17.3 Å². The van der Waals surface area contributed by atoms with Crippen molar-refractivity contribution >= 4 is 11.7 Å². The Hall–Kier alpha value is -1.71. The highest BCUT2D eigenvalue weighted by molar-refractivity contribution is 5.91. The highest BCUT2D eigenvalue weighted by Gasteiger charge is 2.08. The molecule has 3 N–H and O–H groups in total. The van der Waals surface area contributed by atoms with Crippen molar-refractivity contribution in [2.24, 2.45) is 0 Å². The zero-order valence-electron chi connectivity index (χ0n) is 7.24. The Morgan fingerprint density at radius 3 is 2.69 bits per heavy atom. The summed E-state index contributed by atoms with van der Waals surface area (Å²) in [7, 11) is 0. The first kappa shape index (κ1) is 9.38. The number of hydrogen-bond donors (Lipinski definition) is 3. The van der Waals surface area contributed by atoms with Crippen LogP contribution in [-0.4, -0.2) is 22.7 Å². The number of aromatic carboxylic acids is 1. The largest absolute Gasteiger partial charge is 0.507 e. The number of aromatic hydroxyl groups is 1. The Morgan fingerprint density at radius 1 is 1.54 bits per heavy atom. The molecule has 0 spiro atoms. The van der Waals surface area contributed by atoms with Crippen LogP contribution in [0.4, 0.5) is 5.69 Å². The molecule has 1 aromatic rings. The highest BCUT2D eigenvalue weighted by atomic mass is 16.4. The Labute approximate surface area is 75.8 Å². The summed E-state index contributed by atoms with van der Waals surface area (Å²) in [4.78, 5) is 10.5. The van der Waals surface area contributed by atoms with Gasteiger partial charge in [0.15, 0.2) is 0 Å². The second-order valence-corrected chi connectivity index (χ2v) is 2.57. The van der Waals surface area contributed by atoms with Gasteiger partial charge in [-0.3, -0.25) is 0 Å². The standard InChI is InChI=1S/C9H11NO3/c1-2-10-6-3-4-7(9(12)13)8(11)5-6/h3-5,10-11H,2H2,1H3,(H,12,13). The van der Waals surface area contributed by atoms with E-state index in [4.69, 9.17) is 5.11 Å². The van der Waals surface area contributed by atoms with Crippen molar-refractivity contribution in [3.63, 3.8) is 0 Å². The van der Waals surface area contributed by atoms with E-state index in [1.807, 2.05) is 6.92 Å². The second-order valence-electron chi connectivity index (χ2n) is 2.57. The van der Waals surface area contributed by atoms with Crippen LogP contribution in [0.5, 0.6) is 5.75 Å². The summed E-state index contributed by atoms with van der Waals surface area (Å²) >= 11 is 0. The maximum atomic E-state index is 10.5. The van der Waals surface area contributed by atoms with E-state index in [0.29, 0.717) is 5.69 Å². The van der Waals surface area contributed by atoms with Crippen LogP contribution in [0.2, 0.25) is 0 Å². The first-order valence-corrected chi connectivity index (χ1v) is 3.95. The van der Waals surface area contributed by atoms with Crippen molar-refractivity contribution in [3.8, 4) is 5.75 Å². The molecule has 1 rings (SSSR count). The van der Waals surface area contributed by atoms with Gasteiger partial charge in [0.1, 0.15) is 11.3 Å². The summed E-state index contributed by atoms with van der Waals surface area (Å²) in [5.41, 5.74) is 0.631. The fraction of sp³-hybridized carbons (Fsp3) is 0.222. The monoisotopic (exact) mass is 181 g/mol. The van der Waals surface area contributed by atoms with E-state index in [1.54, 1.807) is 6.07 Å². The number of rotatable bonds is 3. The molecule has 0 aliphatic rings. The summed E-state index contributed by atoms with van der Waals surface area (Å²) in [6.45, 7) is 2.65. The first-order valence-electron chi connectivity index (χ1n) is 3.95. The minimum absolute atomic E-state index is 0.0818. The predicted octanol–water partition coefficient (Wildman–Crippen LogP) is 1.52. The Morgan fingerprint density at radius 2 is 2.23 bits per heavy atom. The molecule has 0 aliphatic carbocycles. The van der Waals surface area contributed by atoms with Crippen LogP contribution in [-0.2, 0) is 0 Å². The third-order valence-electron chi connectivity index (χ3n) is 1.61. The van der Waals surface area contributed by atoms with Gasteiger partial charge in [0.05, 0.1) is 0 Å². The van der Waals surface area contributed by atoms with Crippen LogP contribution in [0.25, 0.3) is 0 Å². The Balaban J connectivity index is 2.98. The minimum Gasteiger partial charge on any atom is -0.507 e. The number of phenols is 1. The van der Waals surface area contributed by atoms with Crippen molar-refractivity contribution in [1.29, 1.82) is 0 Å². The van der Waals surface area contributed by atoms with E-state index < -0.39 is 5.97 Å². The summed E-state index contributed by atoms with van der Waals surface area (Å²) in [6.07, 6.45) is 0. The number of nitrogens with one attached hydrogen (secondary N) is 1. The van der Waals surface area contributed by atoms with E-state index in [9.17, 15) is 9.90 Å². The maximum absolute atomic E-state index is 10.5. The number of carboxylic acid groups (broad SMARTS) is 1. The molecule has 4 heteroatoms. The van der Waals surface area contributed by atoms with E-state index in [1.165, 1.54) is 12.1 Å². The molecule has 0 atom stereocenters. The number of benzene rings is 1. The second kappa shape index (κ2) is 3.80. The SMILES string of the molecule is CCNc1ccc(C(=O)O)c(O)c1. The molecular weight excluding hydrogens is 170 g/mol. The lowest BCUT2D eigenvalue weighted by Crippen LogP contribution is -1.99. The van der Waals surface area contributed by atoms with E-state index in [0.717, 1.165) is 6.54 Å². The van der Waals surface area contributed by atoms with Crippen LogP contribution >= 0.6 is 0 Å². The normalized spacial score (nSPS) is 9.62. The first-order chi connectivity index (χ1) is 6.15. The van der Waals surface area contributed by atoms with Gasteiger partial charge in [-0.05, 0) is 19.1 Å². The topological polar surface area (TPSA) is 69.6 Å². The van der Waals surface area contributed by atoms with Gasteiger partial charge in [0.2, 0.25) is 0 Å². The fourth-order valence-electron chi connectivity index (χ4n) is 1.03. The highest BCUT2D eigenvalue weighted by Crippen LogP contribution is 2.21. The predicted molar refractivity (Wildman–Crippen MR) is 49.2 cm³/mol. The van der Waals surface area contributed by atoms with Gasteiger partial charge in [-0.1, -0.05) is 0 Å². The van der Waals surface area contributed by atoms with Gasteiger partial charge >= 0.3 is 5.97 Å². The summed E-state index contributed by atoms with van der Waals surface area (Å²) in [5, 5.41) is 20.8. The van der Waals surface area contributed by atoms with Crippen LogP contribution in [0, 0.1) is 0 Å². The number of carbonyl (C=O) groups is 1. The smallest absolute Gasteiger partial charge is 0.339 e. The number of carboxylic acids is 1. The van der Waals surface area contributed by atoms with Crippen LogP contribution in [0.15, 0.2) is 18.2 Å². The van der Waals surface area contributed by atoms with Gasteiger partial charge in [-0.25, -0.2) is 4.79 Å². The van der Waals surface area contributed by atoms with E-state index >= 15 is 0 Å². The lowest BCUT2D eigenvalue weighted by Gasteiger charge is -2.04. The summed E-state index contributed by atoms with van der Waals surface area (Å²) in [6, 6.07) is 4.38. The number of hydrogen-bond acceptors (Lipinski definition) is 3. The molecule has 0 unspecified atom stereocenters. The van der Waals surface area contributed by atoms with Crippen molar-refractivity contribution in [2.45, 2.75) is 6.92 Å². The van der Waals surface area contributed by atoms with Crippen molar-refractivity contribution in [1.82, 2.24) is 0 Å². The zero-order chi connectivity index (χ0) is 9.84. The molecule has 70 valence electrons. The zero-order valence-corrected chi connectivity index (χ0v) is 7.24. The average molecular weight is 181 g/mol. The quantitative estimate of drug-likeness (QED) is 0.661.